The highest BCUT2D eigenvalue weighted by molar-refractivity contribution is 5.83. The molecule has 1 atom stereocenters. The Labute approximate surface area is 218 Å². The highest BCUT2D eigenvalue weighted by Crippen LogP contribution is 2.21. The molecule has 1 heterocycles. The molecule has 0 unspecified atom stereocenters. The molecule has 1 N–H and O–H groups in total. The van der Waals surface area contributed by atoms with E-state index in [1.807, 2.05) is 30.3 Å². The van der Waals surface area contributed by atoms with Crippen molar-refractivity contribution in [3.8, 4) is 11.3 Å². The number of carbonyl (C=O) groups is 3. The number of hydrogen-bond donors (Lipinski definition) is 1. The molecule has 3 aromatic rings. The number of nitrogens with zero attached hydrogens (tertiary/aromatic N) is 2. The van der Waals surface area contributed by atoms with Crippen molar-refractivity contribution in [3.05, 3.63) is 71.8 Å². The zero-order chi connectivity index (χ0) is 27.5. The Morgan fingerprint density at radius 1 is 1.08 bits per heavy atom. The fourth-order valence-electron chi connectivity index (χ4n) is 3.72. The van der Waals surface area contributed by atoms with E-state index < -0.39 is 29.7 Å². The predicted octanol–water partition coefficient (Wildman–Crippen LogP) is 4.97. The number of carbonyl (C=O) groups excluding carboxylic acids is 3. The van der Waals surface area contributed by atoms with Crippen LogP contribution in [0, 0.1) is 11.6 Å². The molecule has 38 heavy (non-hydrogen) atoms. The number of amides is 2. The van der Waals surface area contributed by atoms with Crippen LogP contribution in [-0.4, -0.2) is 54.8 Å². The maximum atomic E-state index is 14.0. The molecule has 1 aromatic heterocycles. The fraction of sp³-hybridized carbons (Fsp3) is 0.333. The number of benzene rings is 2. The third kappa shape index (κ3) is 8.12. The number of aryl methyl sites for hydroxylation is 1. The minimum Gasteiger partial charge on any atom is -0.469 e. The van der Waals surface area contributed by atoms with E-state index >= 15 is 0 Å². The first kappa shape index (κ1) is 28.3. The average Bonchev–Trinajstić information content (AvgIpc) is 3.39. The SMILES string of the molecule is COC(=O)CCC[C@@H](COC(=O)Nc1cc(-c2ccccc2)no1)N(C)C(=O)CCc1cccc(F)c1F. The summed E-state index contributed by atoms with van der Waals surface area (Å²) in [6.45, 7) is -0.177. The smallest absolute Gasteiger partial charge is 0.414 e. The molecule has 9 nitrogen and oxygen atoms in total. The van der Waals surface area contributed by atoms with Crippen molar-refractivity contribution in [1.82, 2.24) is 10.1 Å². The Kier molecular flexibility index (Phi) is 10.3. The molecule has 202 valence electrons. The monoisotopic (exact) mass is 529 g/mol. The van der Waals surface area contributed by atoms with Crippen LogP contribution in [0.15, 0.2) is 59.1 Å². The Morgan fingerprint density at radius 2 is 1.84 bits per heavy atom. The Bertz CT molecular complexity index is 1230. The van der Waals surface area contributed by atoms with Crippen molar-refractivity contribution < 1.29 is 37.2 Å². The largest absolute Gasteiger partial charge is 0.469 e. The lowest BCUT2D eigenvalue weighted by Gasteiger charge is -2.28. The summed E-state index contributed by atoms with van der Waals surface area (Å²) in [6.07, 6.45) is -0.0765. The van der Waals surface area contributed by atoms with E-state index in [-0.39, 0.29) is 43.2 Å². The first-order valence-corrected chi connectivity index (χ1v) is 12.0. The molecule has 0 aliphatic heterocycles. The number of nitrogens with one attached hydrogen (secondary N) is 1. The topological polar surface area (TPSA) is 111 Å². The van der Waals surface area contributed by atoms with Gasteiger partial charge >= 0.3 is 12.1 Å². The number of halogens is 2. The molecule has 11 heteroatoms. The second-order valence-corrected chi connectivity index (χ2v) is 8.51. The summed E-state index contributed by atoms with van der Waals surface area (Å²) in [5.41, 5.74) is 1.43. The van der Waals surface area contributed by atoms with Crippen LogP contribution in [0.4, 0.5) is 19.5 Å². The number of hydrogen-bond acceptors (Lipinski definition) is 7. The number of rotatable bonds is 12. The van der Waals surface area contributed by atoms with Crippen molar-refractivity contribution in [3.63, 3.8) is 0 Å². The molecule has 0 spiro atoms. The maximum absolute atomic E-state index is 14.0. The molecule has 2 amide bonds. The van der Waals surface area contributed by atoms with E-state index in [0.29, 0.717) is 18.5 Å². The minimum atomic E-state index is -0.986. The molecule has 0 fully saturated rings. The molecular weight excluding hydrogens is 500 g/mol. The van der Waals surface area contributed by atoms with Crippen LogP contribution < -0.4 is 5.32 Å². The predicted molar refractivity (Wildman–Crippen MR) is 134 cm³/mol. The molecule has 0 aliphatic rings. The second kappa shape index (κ2) is 13.9. The van der Waals surface area contributed by atoms with Crippen LogP contribution in [0.1, 0.15) is 31.2 Å². The Morgan fingerprint density at radius 3 is 2.58 bits per heavy atom. The number of methoxy groups -OCH3 is 1. The molecule has 2 aromatic carbocycles. The average molecular weight is 530 g/mol. The van der Waals surface area contributed by atoms with Gasteiger partial charge in [0.25, 0.3) is 0 Å². The summed E-state index contributed by atoms with van der Waals surface area (Å²) in [5, 5.41) is 6.37. The summed E-state index contributed by atoms with van der Waals surface area (Å²) in [4.78, 5) is 38.1. The third-order valence-corrected chi connectivity index (χ3v) is 5.94. The standard InChI is InChI=1S/C27H29F2N3O6/c1-32(24(33)15-14-19-10-6-12-21(28)26(19)29)20(11-7-13-25(34)36-2)17-37-27(35)30-23-16-22(31-38-23)18-8-4-3-5-9-18/h3-6,8-10,12,16,20H,7,11,13-15,17H2,1-2H3,(H,30,35)/t20-/m0/s1. The van der Waals surface area contributed by atoms with Crippen LogP contribution in [0.3, 0.4) is 0 Å². The van der Waals surface area contributed by atoms with Gasteiger partial charge in [-0.1, -0.05) is 47.6 Å². The number of likely N-dealkylation sites (N-methyl/N-ethyl adjacent to an activating group) is 1. The van der Waals surface area contributed by atoms with Gasteiger partial charge in [0.15, 0.2) is 11.6 Å². The summed E-state index contributed by atoms with van der Waals surface area (Å²) >= 11 is 0. The van der Waals surface area contributed by atoms with E-state index in [0.717, 1.165) is 11.6 Å². The van der Waals surface area contributed by atoms with Crippen LogP contribution in [0.25, 0.3) is 11.3 Å². The first-order chi connectivity index (χ1) is 18.3. The maximum Gasteiger partial charge on any atom is 0.414 e. The van der Waals surface area contributed by atoms with Gasteiger partial charge in [0.2, 0.25) is 11.8 Å². The highest BCUT2D eigenvalue weighted by atomic mass is 19.2. The van der Waals surface area contributed by atoms with Gasteiger partial charge in [0, 0.05) is 31.5 Å². The summed E-state index contributed by atoms with van der Waals surface area (Å²) < 4.78 is 42.5. The number of anilines is 1. The van der Waals surface area contributed by atoms with E-state index in [2.05, 4.69) is 15.2 Å². The number of esters is 1. The van der Waals surface area contributed by atoms with Crippen LogP contribution >= 0.6 is 0 Å². The molecule has 0 aliphatic carbocycles. The van der Waals surface area contributed by atoms with Gasteiger partial charge in [-0.2, -0.15) is 0 Å². The van der Waals surface area contributed by atoms with Crippen molar-refractivity contribution in [2.45, 2.75) is 38.1 Å². The van der Waals surface area contributed by atoms with Crippen LogP contribution in [0.5, 0.6) is 0 Å². The van der Waals surface area contributed by atoms with Crippen LogP contribution in [-0.2, 0) is 25.5 Å². The summed E-state index contributed by atoms with van der Waals surface area (Å²) in [6, 6.07) is 14.0. The minimum absolute atomic E-state index is 0.00175. The zero-order valence-corrected chi connectivity index (χ0v) is 21.1. The van der Waals surface area contributed by atoms with Gasteiger partial charge in [0.1, 0.15) is 12.3 Å². The van der Waals surface area contributed by atoms with Gasteiger partial charge in [0.05, 0.1) is 13.2 Å². The van der Waals surface area contributed by atoms with Gasteiger partial charge < -0.3 is 18.9 Å². The van der Waals surface area contributed by atoms with Gasteiger partial charge in [-0.15, -0.1) is 0 Å². The van der Waals surface area contributed by atoms with E-state index in [1.165, 1.54) is 31.2 Å². The zero-order valence-electron chi connectivity index (χ0n) is 21.1. The molecule has 0 bridgehead atoms. The van der Waals surface area contributed by atoms with Gasteiger partial charge in [-0.25, -0.2) is 13.6 Å². The van der Waals surface area contributed by atoms with Gasteiger partial charge in [-0.3, -0.25) is 14.9 Å². The number of ether oxygens (including phenoxy) is 2. The molecular formula is C27H29F2N3O6. The lowest BCUT2D eigenvalue weighted by atomic mass is 10.1. The summed E-state index contributed by atoms with van der Waals surface area (Å²) in [7, 11) is 2.80. The normalized spacial score (nSPS) is 11.5. The molecule has 0 saturated carbocycles. The molecule has 0 radical (unpaired) electrons. The van der Waals surface area contributed by atoms with Crippen LogP contribution in [0.2, 0.25) is 0 Å². The van der Waals surface area contributed by atoms with E-state index in [9.17, 15) is 23.2 Å². The molecule has 3 rings (SSSR count). The lowest BCUT2D eigenvalue weighted by Crippen LogP contribution is -2.41. The van der Waals surface area contributed by atoms with Crippen molar-refractivity contribution in [1.29, 1.82) is 0 Å². The van der Waals surface area contributed by atoms with E-state index in [4.69, 9.17) is 9.26 Å². The second-order valence-electron chi connectivity index (χ2n) is 8.51. The first-order valence-electron chi connectivity index (χ1n) is 12.0. The third-order valence-electron chi connectivity index (χ3n) is 5.94. The van der Waals surface area contributed by atoms with Gasteiger partial charge in [-0.05, 0) is 30.9 Å². The van der Waals surface area contributed by atoms with Crippen molar-refractivity contribution >= 4 is 23.9 Å². The van der Waals surface area contributed by atoms with Crippen molar-refractivity contribution in [2.24, 2.45) is 0 Å². The summed E-state index contributed by atoms with van der Waals surface area (Å²) in [5.74, 6) is -2.65. The van der Waals surface area contributed by atoms with E-state index in [1.54, 1.807) is 6.07 Å². The van der Waals surface area contributed by atoms with Crippen molar-refractivity contribution in [2.75, 3.05) is 26.1 Å². The Hall–Kier alpha value is -4.28. The fourth-order valence-corrected chi connectivity index (χ4v) is 3.72. The Balaban J connectivity index is 1.57. The molecule has 0 saturated heterocycles. The quantitative estimate of drug-likeness (QED) is 0.330. The highest BCUT2D eigenvalue weighted by Gasteiger charge is 2.23. The lowest BCUT2D eigenvalue weighted by molar-refractivity contribution is -0.140. The number of aromatic nitrogens is 1.